The first-order valence-corrected chi connectivity index (χ1v) is 7.74. The molecule has 1 aromatic heterocycles. The van der Waals surface area contributed by atoms with Gasteiger partial charge < -0.3 is 0 Å². The van der Waals surface area contributed by atoms with Crippen LogP contribution < -0.4 is 0 Å². The molecule has 2 heterocycles. The van der Waals surface area contributed by atoms with Crippen molar-refractivity contribution in [3.05, 3.63) is 70.9 Å². The Hall–Kier alpha value is -2.69. The van der Waals surface area contributed by atoms with Crippen LogP contribution in [0.2, 0.25) is 0 Å². The molecule has 0 saturated carbocycles. The van der Waals surface area contributed by atoms with Crippen molar-refractivity contribution in [1.82, 2.24) is 10.2 Å². The molecule has 2 aromatic carbocycles. The van der Waals surface area contributed by atoms with E-state index in [-0.39, 0.29) is 16.9 Å². The summed E-state index contributed by atoms with van der Waals surface area (Å²) in [5.41, 5.74) is 2.84. The summed E-state index contributed by atoms with van der Waals surface area (Å²) in [6.07, 6.45) is 0.652. The summed E-state index contributed by atoms with van der Waals surface area (Å²) in [7, 11) is 0. The lowest BCUT2D eigenvalue weighted by molar-refractivity contribution is 0.510. The van der Waals surface area contributed by atoms with Crippen molar-refractivity contribution >= 4 is 16.6 Å². The first-order chi connectivity index (χ1) is 11.4. The number of hydrogen-bond donors (Lipinski definition) is 0. The minimum Gasteiger partial charge on any atom is -0.276 e. The summed E-state index contributed by atoms with van der Waals surface area (Å²) in [6.45, 7) is 3.99. The normalized spacial score (nSPS) is 15.9. The second-order valence-electron chi connectivity index (χ2n) is 6.66. The third-order valence-corrected chi connectivity index (χ3v) is 4.17. The fourth-order valence-electron chi connectivity index (χ4n) is 3.15. The first kappa shape index (κ1) is 14.9. The van der Waals surface area contributed by atoms with Gasteiger partial charge in [-0.2, -0.15) is 0 Å². The summed E-state index contributed by atoms with van der Waals surface area (Å²) >= 11 is 0. The van der Waals surface area contributed by atoms with Gasteiger partial charge in [-0.15, -0.1) is 10.2 Å². The first-order valence-electron chi connectivity index (χ1n) is 7.74. The Bertz CT molecular complexity index is 993. The van der Waals surface area contributed by atoms with E-state index in [9.17, 15) is 8.78 Å². The summed E-state index contributed by atoms with van der Waals surface area (Å²) in [4.78, 5) is 4.78. The molecule has 0 saturated heterocycles. The van der Waals surface area contributed by atoms with Crippen LogP contribution in [-0.4, -0.2) is 21.4 Å². The minimum atomic E-state index is -0.403. The lowest BCUT2D eigenvalue weighted by atomic mass is 9.86. The highest BCUT2D eigenvalue weighted by Gasteiger charge is 2.28. The van der Waals surface area contributed by atoms with Crippen molar-refractivity contribution in [3.63, 3.8) is 0 Å². The van der Waals surface area contributed by atoms with Gasteiger partial charge in [0.15, 0.2) is 5.82 Å². The van der Waals surface area contributed by atoms with Gasteiger partial charge in [0, 0.05) is 10.9 Å². The molecule has 24 heavy (non-hydrogen) atoms. The second-order valence-corrected chi connectivity index (χ2v) is 6.66. The maximum absolute atomic E-state index is 13.8. The standard InChI is InChI=1S/C19H15F2N3/c1-19(2)10-12-8-13(20)6-7-14(12)18(22-19)16-9-11-4-3-5-15(21)17(11)24-23-16/h3-9H,10H2,1-2H3. The van der Waals surface area contributed by atoms with Crippen molar-refractivity contribution in [2.45, 2.75) is 25.8 Å². The monoisotopic (exact) mass is 323 g/mol. The van der Waals surface area contributed by atoms with Crippen molar-refractivity contribution < 1.29 is 8.78 Å². The van der Waals surface area contributed by atoms with Crippen LogP contribution in [-0.2, 0) is 6.42 Å². The Morgan fingerprint density at radius 2 is 1.83 bits per heavy atom. The van der Waals surface area contributed by atoms with E-state index in [4.69, 9.17) is 4.99 Å². The van der Waals surface area contributed by atoms with E-state index in [0.29, 0.717) is 23.2 Å². The largest absolute Gasteiger partial charge is 0.276 e. The summed E-state index contributed by atoms with van der Waals surface area (Å²) in [5.74, 6) is -0.669. The molecule has 1 aliphatic rings. The number of benzene rings is 2. The summed E-state index contributed by atoms with van der Waals surface area (Å²) in [6, 6.07) is 11.2. The fraction of sp³-hybridized carbons (Fsp3) is 0.211. The van der Waals surface area contributed by atoms with E-state index in [1.807, 2.05) is 13.8 Å². The predicted octanol–water partition coefficient (Wildman–Crippen LogP) is 4.08. The molecule has 4 rings (SSSR count). The van der Waals surface area contributed by atoms with Crippen LogP contribution >= 0.6 is 0 Å². The zero-order valence-corrected chi connectivity index (χ0v) is 13.3. The Morgan fingerprint density at radius 3 is 2.67 bits per heavy atom. The van der Waals surface area contributed by atoms with Gasteiger partial charge in [-0.1, -0.05) is 12.1 Å². The van der Waals surface area contributed by atoms with Crippen LogP contribution in [0.3, 0.4) is 0 Å². The number of rotatable bonds is 1. The van der Waals surface area contributed by atoms with Gasteiger partial charge in [0.05, 0.1) is 11.3 Å². The molecular formula is C19H15F2N3. The molecule has 3 nitrogen and oxygen atoms in total. The average Bonchev–Trinajstić information content (AvgIpc) is 2.52. The van der Waals surface area contributed by atoms with Gasteiger partial charge in [0.2, 0.25) is 0 Å². The van der Waals surface area contributed by atoms with Gasteiger partial charge in [-0.25, -0.2) is 8.78 Å². The topological polar surface area (TPSA) is 38.1 Å². The van der Waals surface area contributed by atoms with Crippen molar-refractivity contribution in [2.24, 2.45) is 4.99 Å². The Balaban J connectivity index is 1.93. The predicted molar refractivity (Wildman–Crippen MR) is 89.3 cm³/mol. The molecule has 3 aromatic rings. The van der Waals surface area contributed by atoms with Crippen molar-refractivity contribution in [1.29, 1.82) is 0 Å². The number of hydrogen-bond acceptors (Lipinski definition) is 3. The van der Waals surface area contributed by atoms with E-state index in [1.54, 1.807) is 30.3 Å². The van der Waals surface area contributed by atoms with E-state index >= 15 is 0 Å². The van der Waals surface area contributed by atoms with Crippen molar-refractivity contribution in [2.75, 3.05) is 0 Å². The molecule has 0 N–H and O–H groups in total. The fourth-order valence-corrected chi connectivity index (χ4v) is 3.15. The molecule has 1 aliphatic heterocycles. The van der Waals surface area contributed by atoms with Gasteiger partial charge in [0.1, 0.15) is 17.0 Å². The van der Waals surface area contributed by atoms with Crippen LogP contribution in [0.15, 0.2) is 47.5 Å². The third-order valence-electron chi connectivity index (χ3n) is 4.17. The molecule has 0 bridgehead atoms. The number of halogens is 2. The quantitative estimate of drug-likeness (QED) is 0.677. The van der Waals surface area contributed by atoms with E-state index in [1.165, 1.54) is 12.1 Å². The molecule has 120 valence electrons. The van der Waals surface area contributed by atoms with Gasteiger partial charge in [-0.3, -0.25) is 4.99 Å². The van der Waals surface area contributed by atoms with Gasteiger partial charge >= 0.3 is 0 Å². The number of aliphatic imine (C=N–C) groups is 1. The SMILES string of the molecule is CC1(C)Cc2cc(F)ccc2C(c2cc3cccc(F)c3nn2)=N1. The maximum atomic E-state index is 13.8. The zero-order chi connectivity index (χ0) is 16.9. The summed E-state index contributed by atoms with van der Waals surface area (Å²) < 4.78 is 27.4. The zero-order valence-electron chi connectivity index (χ0n) is 13.3. The lowest BCUT2D eigenvalue weighted by Gasteiger charge is -2.28. The molecule has 0 radical (unpaired) electrons. The Kier molecular flexibility index (Phi) is 3.20. The Morgan fingerprint density at radius 1 is 1.00 bits per heavy atom. The minimum absolute atomic E-state index is 0.233. The maximum Gasteiger partial charge on any atom is 0.151 e. The van der Waals surface area contributed by atoms with Crippen LogP contribution in [0, 0.1) is 11.6 Å². The highest BCUT2D eigenvalue weighted by Crippen LogP contribution is 2.30. The van der Waals surface area contributed by atoms with Gasteiger partial charge in [-0.05, 0) is 56.2 Å². The van der Waals surface area contributed by atoms with Crippen LogP contribution in [0.1, 0.15) is 30.7 Å². The highest BCUT2D eigenvalue weighted by atomic mass is 19.1. The average molecular weight is 323 g/mol. The van der Waals surface area contributed by atoms with Crippen molar-refractivity contribution in [3.8, 4) is 0 Å². The van der Waals surface area contributed by atoms with Crippen LogP contribution in [0.4, 0.5) is 8.78 Å². The Labute approximate surface area is 138 Å². The van der Waals surface area contributed by atoms with Gasteiger partial charge in [0.25, 0.3) is 0 Å². The third kappa shape index (κ3) is 2.46. The lowest BCUT2D eigenvalue weighted by Crippen LogP contribution is -2.30. The molecule has 5 heteroatoms. The molecule has 0 atom stereocenters. The highest BCUT2D eigenvalue weighted by molar-refractivity contribution is 6.14. The number of fused-ring (bicyclic) bond motifs is 2. The number of aromatic nitrogens is 2. The summed E-state index contributed by atoms with van der Waals surface area (Å²) in [5, 5.41) is 8.84. The molecule has 0 spiro atoms. The second kappa shape index (κ2) is 5.16. The van der Waals surface area contributed by atoms with E-state index in [0.717, 1.165) is 11.1 Å². The molecule has 0 fully saturated rings. The van der Waals surface area contributed by atoms with Crippen LogP contribution in [0.25, 0.3) is 10.9 Å². The molecule has 0 amide bonds. The molecule has 0 unspecified atom stereocenters. The van der Waals surface area contributed by atoms with Crippen LogP contribution in [0.5, 0.6) is 0 Å². The smallest absolute Gasteiger partial charge is 0.151 e. The molecule has 0 aliphatic carbocycles. The van der Waals surface area contributed by atoms with E-state index < -0.39 is 5.82 Å². The molecular weight excluding hydrogens is 308 g/mol. The number of nitrogens with zero attached hydrogens (tertiary/aromatic N) is 3. The van der Waals surface area contributed by atoms with E-state index in [2.05, 4.69) is 10.2 Å².